The number of ether oxygens (including phenoxy) is 4. The number of unbranched alkanes of at least 4 members (excludes halogenated alkanes) is 33. The Hall–Kier alpha value is -3.01. The minimum Gasteiger partial charge on any atom is -0.545 e. The lowest BCUT2D eigenvalue weighted by molar-refractivity contribution is -0.870. The molecular formula is C66H119NO8. The maximum absolute atomic E-state index is 12.9. The highest BCUT2D eigenvalue weighted by molar-refractivity contribution is 5.70. The second-order valence-corrected chi connectivity index (χ2v) is 22.3. The fourth-order valence-electron chi connectivity index (χ4n) is 8.98. The van der Waals surface area contributed by atoms with E-state index in [9.17, 15) is 19.5 Å². The van der Waals surface area contributed by atoms with Gasteiger partial charge in [-0.05, 0) is 57.8 Å². The number of carbonyl (C=O) groups is 3. The summed E-state index contributed by atoms with van der Waals surface area (Å²) in [5, 5.41) is 11.8. The zero-order valence-corrected chi connectivity index (χ0v) is 49.7. The molecule has 0 aromatic heterocycles. The van der Waals surface area contributed by atoms with Gasteiger partial charge in [0.1, 0.15) is 13.2 Å². The highest BCUT2D eigenvalue weighted by Gasteiger charge is 2.22. The zero-order chi connectivity index (χ0) is 54.8. The first-order valence-electron chi connectivity index (χ1n) is 31.4. The van der Waals surface area contributed by atoms with Gasteiger partial charge in [-0.25, -0.2) is 0 Å². The molecule has 0 aliphatic rings. The first-order valence-corrected chi connectivity index (χ1v) is 31.4. The molecule has 0 heterocycles. The number of hydrogen-bond acceptors (Lipinski definition) is 8. The number of carboxylic acid groups (broad SMARTS) is 1. The lowest BCUT2D eigenvalue weighted by atomic mass is 10.0. The van der Waals surface area contributed by atoms with Crippen molar-refractivity contribution in [1.29, 1.82) is 0 Å². The van der Waals surface area contributed by atoms with E-state index in [0.29, 0.717) is 23.9 Å². The van der Waals surface area contributed by atoms with Crippen LogP contribution in [0.15, 0.2) is 60.8 Å². The monoisotopic (exact) mass is 1050 g/mol. The highest BCUT2D eigenvalue weighted by atomic mass is 16.7. The van der Waals surface area contributed by atoms with Gasteiger partial charge in [-0.1, -0.05) is 274 Å². The van der Waals surface area contributed by atoms with Crippen LogP contribution in [0.3, 0.4) is 0 Å². The molecule has 0 N–H and O–H groups in total. The number of quaternary nitrogens is 1. The fraction of sp³-hybridized carbons (Fsp3) is 0.803. The van der Waals surface area contributed by atoms with Crippen molar-refractivity contribution in [3.05, 3.63) is 60.8 Å². The van der Waals surface area contributed by atoms with Gasteiger partial charge in [0.15, 0.2) is 12.4 Å². The van der Waals surface area contributed by atoms with Crippen molar-refractivity contribution in [2.45, 2.75) is 296 Å². The highest BCUT2D eigenvalue weighted by Crippen LogP contribution is 2.17. The molecule has 0 amide bonds. The first kappa shape index (κ1) is 72.0. The number of hydrogen-bond donors (Lipinski definition) is 0. The van der Waals surface area contributed by atoms with Crippen LogP contribution < -0.4 is 5.11 Å². The van der Waals surface area contributed by atoms with Crippen LogP contribution in [0.4, 0.5) is 0 Å². The molecule has 75 heavy (non-hydrogen) atoms. The summed E-state index contributed by atoms with van der Waals surface area (Å²) in [5.74, 6) is -2.26. The van der Waals surface area contributed by atoms with Gasteiger partial charge in [0.25, 0.3) is 0 Å². The molecule has 0 radical (unpaired) electrons. The molecule has 0 bridgehead atoms. The van der Waals surface area contributed by atoms with Crippen LogP contribution in [-0.4, -0.2) is 82.3 Å². The van der Waals surface area contributed by atoms with Crippen molar-refractivity contribution in [3.63, 3.8) is 0 Å². The van der Waals surface area contributed by atoms with Gasteiger partial charge < -0.3 is 33.3 Å². The first-order chi connectivity index (χ1) is 36.6. The number of aliphatic carboxylic acids is 1. The smallest absolute Gasteiger partial charge is 0.306 e. The van der Waals surface area contributed by atoms with Gasteiger partial charge in [-0.3, -0.25) is 9.59 Å². The molecule has 0 saturated heterocycles. The van der Waals surface area contributed by atoms with Gasteiger partial charge in [-0.15, -0.1) is 0 Å². The average Bonchev–Trinajstić information content (AvgIpc) is 3.38. The summed E-state index contributed by atoms with van der Waals surface area (Å²) in [6.45, 7) is 4.67. The van der Waals surface area contributed by atoms with Gasteiger partial charge >= 0.3 is 11.9 Å². The molecule has 0 aliphatic carbocycles. The molecule has 0 aromatic carbocycles. The Morgan fingerprint density at radius 2 is 0.760 bits per heavy atom. The van der Waals surface area contributed by atoms with Gasteiger partial charge in [-0.2, -0.15) is 0 Å². The van der Waals surface area contributed by atoms with E-state index in [1.54, 1.807) is 0 Å². The van der Waals surface area contributed by atoms with E-state index < -0.39 is 24.3 Å². The quantitative estimate of drug-likeness (QED) is 0.0195. The maximum atomic E-state index is 12.9. The van der Waals surface area contributed by atoms with Crippen molar-refractivity contribution >= 4 is 17.9 Å². The number of likely N-dealkylation sites (N-methyl/N-ethyl adjacent to an activating group) is 1. The lowest BCUT2D eigenvalue weighted by Crippen LogP contribution is -2.44. The minimum atomic E-state index is -1.62. The Balaban J connectivity index is 4.10. The number of carbonyl (C=O) groups excluding carboxylic acids is 3. The maximum Gasteiger partial charge on any atom is 0.306 e. The second-order valence-electron chi connectivity index (χ2n) is 22.3. The van der Waals surface area contributed by atoms with Crippen LogP contribution in [0.2, 0.25) is 0 Å². The summed E-state index contributed by atoms with van der Waals surface area (Å²) in [6.07, 6.45) is 70.0. The molecule has 436 valence electrons. The third-order valence-corrected chi connectivity index (χ3v) is 13.8. The Labute approximate surface area is 463 Å². The second kappa shape index (κ2) is 57.2. The van der Waals surface area contributed by atoms with Crippen LogP contribution in [0.1, 0.15) is 284 Å². The van der Waals surface area contributed by atoms with Gasteiger partial charge in [0, 0.05) is 12.8 Å². The minimum absolute atomic E-state index is 0.149. The number of allylic oxidation sites excluding steroid dienone is 10. The zero-order valence-electron chi connectivity index (χ0n) is 49.7. The third kappa shape index (κ3) is 58.5. The Bertz CT molecular complexity index is 1410. The van der Waals surface area contributed by atoms with Gasteiger partial charge in [0.05, 0.1) is 40.3 Å². The summed E-state index contributed by atoms with van der Waals surface area (Å²) in [5.41, 5.74) is 0. The number of nitrogens with zero attached hydrogens (tertiary/aromatic N) is 1. The van der Waals surface area contributed by atoms with E-state index in [1.807, 2.05) is 21.1 Å². The van der Waals surface area contributed by atoms with Crippen LogP contribution >= 0.6 is 0 Å². The van der Waals surface area contributed by atoms with Crippen LogP contribution in [0, 0.1) is 0 Å². The van der Waals surface area contributed by atoms with Crippen LogP contribution in [0.5, 0.6) is 0 Å². The van der Waals surface area contributed by atoms with Crippen LogP contribution in [-0.2, 0) is 33.3 Å². The molecule has 0 saturated carbocycles. The SMILES string of the molecule is CC/C=C\C/C=C\C/C=C\C/C=C\C/C=C\CCCCCCCCCCCCCCCCCCCC(=O)OC(COC(=O)CCCCCCCCCCCCCCCCCCC)COC(OCC[N+](C)(C)C)C(=O)[O-]. The molecule has 0 rings (SSSR count). The van der Waals surface area contributed by atoms with Crippen molar-refractivity contribution in [1.82, 2.24) is 0 Å². The predicted molar refractivity (Wildman–Crippen MR) is 315 cm³/mol. The van der Waals surface area contributed by atoms with E-state index in [-0.39, 0.29) is 32.2 Å². The van der Waals surface area contributed by atoms with Crippen molar-refractivity contribution < 1.29 is 42.9 Å². The molecule has 2 unspecified atom stereocenters. The van der Waals surface area contributed by atoms with Crippen molar-refractivity contribution in [2.24, 2.45) is 0 Å². The molecule has 0 aliphatic heterocycles. The summed E-state index contributed by atoms with van der Waals surface area (Å²) >= 11 is 0. The summed E-state index contributed by atoms with van der Waals surface area (Å²) in [6, 6.07) is 0. The van der Waals surface area contributed by atoms with Crippen LogP contribution in [0.25, 0.3) is 0 Å². The Morgan fingerprint density at radius 1 is 0.413 bits per heavy atom. The van der Waals surface area contributed by atoms with E-state index in [1.165, 1.54) is 186 Å². The van der Waals surface area contributed by atoms with Gasteiger partial charge in [0.2, 0.25) is 0 Å². The Morgan fingerprint density at radius 3 is 1.13 bits per heavy atom. The number of rotatable bonds is 58. The number of carboxylic acids is 1. The van der Waals surface area contributed by atoms with E-state index >= 15 is 0 Å². The topological polar surface area (TPSA) is 111 Å². The molecular weight excluding hydrogens is 935 g/mol. The largest absolute Gasteiger partial charge is 0.545 e. The normalized spacial score (nSPS) is 13.1. The summed E-state index contributed by atoms with van der Waals surface area (Å²) in [7, 11) is 5.93. The fourth-order valence-corrected chi connectivity index (χ4v) is 8.98. The third-order valence-electron chi connectivity index (χ3n) is 13.8. The Kier molecular flexibility index (Phi) is 54.9. The lowest BCUT2D eigenvalue weighted by Gasteiger charge is -2.26. The predicted octanol–water partition coefficient (Wildman–Crippen LogP) is 17.5. The molecule has 0 aromatic rings. The molecule has 9 nitrogen and oxygen atoms in total. The molecule has 2 atom stereocenters. The molecule has 9 heteroatoms. The van der Waals surface area contributed by atoms with E-state index in [4.69, 9.17) is 18.9 Å². The van der Waals surface area contributed by atoms with E-state index in [2.05, 4.69) is 74.6 Å². The van der Waals surface area contributed by atoms with Crippen molar-refractivity contribution in [3.8, 4) is 0 Å². The summed E-state index contributed by atoms with van der Waals surface area (Å²) < 4.78 is 22.7. The number of esters is 2. The van der Waals surface area contributed by atoms with Crippen molar-refractivity contribution in [2.75, 3.05) is 47.5 Å². The average molecular weight is 1050 g/mol. The molecule has 0 fully saturated rings. The summed E-state index contributed by atoms with van der Waals surface area (Å²) in [4.78, 5) is 37.3. The molecule has 0 spiro atoms. The standard InChI is InChI=1S/C66H119NO8/c1-6-8-10-12-14-16-18-20-22-24-25-26-27-28-29-30-31-32-33-34-35-36-37-38-39-41-43-45-47-49-51-53-55-57-64(69)75-62(61-74-66(65(70)71)72-59-58-67(3,4)5)60-73-63(68)56-54-52-50-48-46-44-42-40-23-21-19-17-15-13-11-9-7-2/h8,10,14,16,20,22,25-26,28-29,62,66H,6-7,9,11-13,15,17-19,21,23-24,27,30-61H2,1-5H3/b10-8-,16-14-,22-20-,26-25-,29-28-. The van der Waals surface area contributed by atoms with E-state index in [0.717, 1.165) is 64.2 Å².